The number of fused-ring (bicyclic) bond motifs is 1. The van der Waals surface area contributed by atoms with Crippen LogP contribution in [0.2, 0.25) is 0 Å². The van der Waals surface area contributed by atoms with Crippen molar-refractivity contribution in [2.45, 2.75) is 18.6 Å². The van der Waals surface area contributed by atoms with Crippen LogP contribution in [0.1, 0.15) is 18.3 Å². The van der Waals surface area contributed by atoms with E-state index in [0.29, 0.717) is 11.4 Å². The molecule has 0 bridgehead atoms. The number of aliphatic hydroxyl groups excluding tert-OH is 1. The molecule has 0 aliphatic rings. The number of benzene rings is 2. The van der Waals surface area contributed by atoms with E-state index in [9.17, 15) is 10.2 Å². The Morgan fingerprint density at radius 3 is 2.29 bits per heavy atom. The molecule has 1 aromatic heterocycles. The number of imidazole rings is 1. The molecule has 21 heavy (non-hydrogen) atoms. The summed E-state index contributed by atoms with van der Waals surface area (Å²) < 4.78 is 1.83. The standard InChI is InChI=1S/C17H18N2O2/c1-12(20)17(21,13-8-4-3-5-9-13)16-18-14-10-6-7-11-15(14)19(16)2/h3-12,20-21H,1-2H3/t12-,17-/m0/s1. The number of aliphatic hydroxyl groups is 2. The number of aromatic nitrogens is 2. The van der Waals surface area contributed by atoms with Gasteiger partial charge in [-0.15, -0.1) is 0 Å². The molecule has 4 nitrogen and oxygen atoms in total. The largest absolute Gasteiger partial charge is 0.390 e. The van der Waals surface area contributed by atoms with Gasteiger partial charge in [-0.1, -0.05) is 42.5 Å². The second-order valence-corrected chi connectivity index (χ2v) is 5.29. The van der Waals surface area contributed by atoms with Gasteiger partial charge in [0.1, 0.15) is 5.82 Å². The zero-order valence-corrected chi connectivity index (χ0v) is 12.1. The third-order valence-electron chi connectivity index (χ3n) is 3.95. The molecule has 0 saturated carbocycles. The van der Waals surface area contributed by atoms with Gasteiger partial charge < -0.3 is 14.8 Å². The number of rotatable bonds is 3. The fourth-order valence-corrected chi connectivity index (χ4v) is 2.74. The Bertz CT molecular complexity index is 765. The maximum absolute atomic E-state index is 11.2. The normalized spacial score (nSPS) is 15.8. The average Bonchev–Trinajstić information content (AvgIpc) is 2.85. The van der Waals surface area contributed by atoms with E-state index in [1.807, 2.05) is 54.1 Å². The van der Waals surface area contributed by atoms with Gasteiger partial charge in [0, 0.05) is 7.05 Å². The van der Waals surface area contributed by atoms with Crippen LogP contribution in [0.25, 0.3) is 11.0 Å². The van der Waals surface area contributed by atoms with Gasteiger partial charge in [0.25, 0.3) is 0 Å². The molecule has 0 spiro atoms. The lowest BCUT2D eigenvalue weighted by atomic mass is 9.88. The summed E-state index contributed by atoms with van der Waals surface area (Å²) in [5.41, 5.74) is 0.792. The number of para-hydroxylation sites is 2. The van der Waals surface area contributed by atoms with Crippen molar-refractivity contribution in [1.29, 1.82) is 0 Å². The molecule has 0 unspecified atom stereocenters. The second kappa shape index (κ2) is 4.98. The number of hydrogen-bond donors (Lipinski definition) is 2. The average molecular weight is 282 g/mol. The molecule has 3 rings (SSSR count). The summed E-state index contributed by atoms with van der Waals surface area (Å²) in [5.74, 6) is 0.435. The fourth-order valence-electron chi connectivity index (χ4n) is 2.74. The van der Waals surface area contributed by atoms with E-state index < -0.39 is 11.7 Å². The molecule has 108 valence electrons. The molecule has 0 amide bonds. The third-order valence-corrected chi connectivity index (χ3v) is 3.95. The van der Waals surface area contributed by atoms with Crippen LogP contribution >= 0.6 is 0 Å². The summed E-state index contributed by atoms with van der Waals surface area (Å²) in [5, 5.41) is 21.4. The van der Waals surface area contributed by atoms with Gasteiger partial charge in [-0.3, -0.25) is 0 Å². The SMILES string of the molecule is C[C@H](O)[C@](O)(c1ccccc1)c1nc2ccccc2n1C. The van der Waals surface area contributed by atoms with E-state index in [0.717, 1.165) is 11.0 Å². The number of hydrogen-bond acceptors (Lipinski definition) is 3. The minimum Gasteiger partial charge on any atom is -0.390 e. The van der Waals surface area contributed by atoms with E-state index in [4.69, 9.17) is 0 Å². The van der Waals surface area contributed by atoms with Gasteiger partial charge in [-0.05, 0) is 24.6 Å². The minimum absolute atomic E-state index is 0.435. The van der Waals surface area contributed by atoms with Crippen molar-refractivity contribution in [1.82, 2.24) is 9.55 Å². The topological polar surface area (TPSA) is 58.3 Å². The van der Waals surface area contributed by atoms with Crippen molar-refractivity contribution < 1.29 is 10.2 Å². The molecule has 0 aliphatic heterocycles. The van der Waals surface area contributed by atoms with Crippen molar-refractivity contribution >= 4 is 11.0 Å². The van der Waals surface area contributed by atoms with Crippen LogP contribution in [-0.2, 0) is 12.6 Å². The van der Waals surface area contributed by atoms with Crippen molar-refractivity contribution in [2.75, 3.05) is 0 Å². The molecule has 0 saturated heterocycles. The Morgan fingerprint density at radius 2 is 1.67 bits per heavy atom. The van der Waals surface area contributed by atoms with Crippen LogP contribution in [0.5, 0.6) is 0 Å². The lowest BCUT2D eigenvalue weighted by Crippen LogP contribution is -2.41. The van der Waals surface area contributed by atoms with Crippen molar-refractivity contribution in [2.24, 2.45) is 7.05 Å². The first kappa shape index (κ1) is 13.8. The maximum Gasteiger partial charge on any atom is 0.173 e. The molecule has 2 N–H and O–H groups in total. The van der Waals surface area contributed by atoms with Crippen molar-refractivity contribution in [3.8, 4) is 0 Å². The third kappa shape index (κ3) is 2.04. The second-order valence-electron chi connectivity index (χ2n) is 5.29. The Labute approximate surface area is 123 Å². The van der Waals surface area contributed by atoms with Gasteiger partial charge in [-0.25, -0.2) is 4.98 Å². The van der Waals surface area contributed by atoms with Gasteiger partial charge >= 0.3 is 0 Å². The van der Waals surface area contributed by atoms with Crippen molar-refractivity contribution in [3.05, 3.63) is 66.0 Å². The predicted molar refractivity (Wildman–Crippen MR) is 81.8 cm³/mol. The monoisotopic (exact) mass is 282 g/mol. The highest BCUT2D eigenvalue weighted by Gasteiger charge is 2.41. The van der Waals surface area contributed by atoms with Crippen LogP contribution < -0.4 is 0 Å². The van der Waals surface area contributed by atoms with E-state index in [1.54, 1.807) is 19.1 Å². The van der Waals surface area contributed by atoms with Gasteiger partial charge in [0.2, 0.25) is 0 Å². The zero-order chi connectivity index (χ0) is 15.0. The van der Waals surface area contributed by atoms with Crippen LogP contribution in [0.15, 0.2) is 54.6 Å². The number of aryl methyl sites for hydroxylation is 1. The van der Waals surface area contributed by atoms with Crippen LogP contribution in [-0.4, -0.2) is 25.9 Å². The summed E-state index contributed by atoms with van der Waals surface area (Å²) in [7, 11) is 1.85. The molecule has 3 aromatic rings. The maximum atomic E-state index is 11.2. The molecule has 0 aliphatic carbocycles. The van der Waals surface area contributed by atoms with E-state index in [2.05, 4.69) is 4.98 Å². The predicted octanol–water partition coefficient (Wildman–Crippen LogP) is 2.19. The first-order valence-electron chi connectivity index (χ1n) is 6.93. The highest BCUT2D eigenvalue weighted by Crippen LogP contribution is 2.33. The Balaban J connectivity index is 2.28. The summed E-state index contributed by atoms with van der Waals surface area (Å²) in [6.45, 7) is 1.58. The quantitative estimate of drug-likeness (QED) is 0.774. The fraction of sp³-hybridized carbons (Fsp3) is 0.235. The zero-order valence-electron chi connectivity index (χ0n) is 12.1. The summed E-state index contributed by atoms with van der Waals surface area (Å²) in [6.07, 6.45) is -0.990. The molecular weight excluding hydrogens is 264 g/mol. The smallest absolute Gasteiger partial charge is 0.173 e. The highest BCUT2D eigenvalue weighted by atomic mass is 16.3. The molecule has 2 atom stereocenters. The Hall–Kier alpha value is -2.17. The Morgan fingerprint density at radius 1 is 1.05 bits per heavy atom. The van der Waals surface area contributed by atoms with E-state index in [-0.39, 0.29) is 0 Å². The van der Waals surface area contributed by atoms with Gasteiger partial charge in [0.05, 0.1) is 17.1 Å². The lowest BCUT2D eigenvalue weighted by Gasteiger charge is -2.31. The van der Waals surface area contributed by atoms with Gasteiger partial charge in [0.15, 0.2) is 5.60 Å². The summed E-state index contributed by atoms with van der Waals surface area (Å²) in [6, 6.07) is 16.8. The molecule has 0 radical (unpaired) electrons. The van der Waals surface area contributed by atoms with Gasteiger partial charge in [-0.2, -0.15) is 0 Å². The molecular formula is C17H18N2O2. The lowest BCUT2D eigenvalue weighted by molar-refractivity contribution is -0.0469. The van der Waals surface area contributed by atoms with E-state index >= 15 is 0 Å². The van der Waals surface area contributed by atoms with Crippen molar-refractivity contribution in [3.63, 3.8) is 0 Å². The van der Waals surface area contributed by atoms with Crippen LogP contribution in [0, 0.1) is 0 Å². The Kier molecular flexibility index (Phi) is 3.27. The molecule has 2 aromatic carbocycles. The molecule has 0 fully saturated rings. The first-order valence-corrected chi connectivity index (χ1v) is 6.93. The van der Waals surface area contributed by atoms with Crippen LogP contribution in [0.3, 0.4) is 0 Å². The molecule has 1 heterocycles. The number of nitrogens with zero attached hydrogens (tertiary/aromatic N) is 2. The van der Waals surface area contributed by atoms with Crippen LogP contribution in [0.4, 0.5) is 0 Å². The first-order chi connectivity index (χ1) is 10.0. The summed E-state index contributed by atoms with van der Waals surface area (Å²) >= 11 is 0. The molecule has 4 heteroatoms. The summed E-state index contributed by atoms with van der Waals surface area (Å²) in [4.78, 5) is 4.53. The minimum atomic E-state index is -1.55. The highest BCUT2D eigenvalue weighted by molar-refractivity contribution is 5.76. The van der Waals surface area contributed by atoms with E-state index in [1.165, 1.54) is 0 Å².